The lowest BCUT2D eigenvalue weighted by Gasteiger charge is -2.21. The maximum Gasteiger partial charge on any atom is 0.260 e. The Kier molecular flexibility index (Phi) is 5.59. The van der Waals surface area contributed by atoms with Crippen LogP contribution in [0.2, 0.25) is 0 Å². The van der Waals surface area contributed by atoms with Crippen LogP contribution in [0.1, 0.15) is 23.6 Å². The zero-order chi connectivity index (χ0) is 15.9. The number of aryl methyl sites for hydroxylation is 2. The fourth-order valence-electron chi connectivity index (χ4n) is 2.22. The minimum Gasteiger partial charge on any atom is -0.484 e. The summed E-state index contributed by atoms with van der Waals surface area (Å²) >= 11 is 0. The predicted octanol–water partition coefficient (Wildman–Crippen LogP) is 3.73. The van der Waals surface area contributed by atoms with Gasteiger partial charge in [0.25, 0.3) is 5.91 Å². The highest BCUT2D eigenvalue weighted by Gasteiger charge is 2.13. The largest absolute Gasteiger partial charge is 0.484 e. The van der Waals surface area contributed by atoms with Crippen molar-refractivity contribution in [3.05, 3.63) is 65.2 Å². The number of rotatable bonds is 6. The number of amides is 1. The molecule has 116 valence electrons. The molecule has 0 fully saturated rings. The molecule has 0 bridgehead atoms. The van der Waals surface area contributed by atoms with Crippen LogP contribution in [0.3, 0.4) is 0 Å². The minimum atomic E-state index is 0.00424. The van der Waals surface area contributed by atoms with Gasteiger partial charge in [0.1, 0.15) is 5.75 Å². The van der Waals surface area contributed by atoms with Gasteiger partial charge in [-0.05, 0) is 49.6 Å². The fourth-order valence-corrected chi connectivity index (χ4v) is 2.22. The van der Waals surface area contributed by atoms with E-state index >= 15 is 0 Å². The van der Waals surface area contributed by atoms with Gasteiger partial charge in [-0.1, -0.05) is 36.4 Å². The summed E-state index contributed by atoms with van der Waals surface area (Å²) in [4.78, 5) is 14.1. The van der Waals surface area contributed by atoms with Crippen LogP contribution in [0.4, 0.5) is 0 Å². The molecule has 0 spiro atoms. The van der Waals surface area contributed by atoms with Crippen LogP contribution in [0, 0.1) is 13.8 Å². The highest BCUT2D eigenvalue weighted by Crippen LogP contribution is 2.16. The second-order valence-electron chi connectivity index (χ2n) is 5.43. The average Bonchev–Trinajstić information content (AvgIpc) is 2.54. The Morgan fingerprint density at radius 1 is 1.05 bits per heavy atom. The summed E-state index contributed by atoms with van der Waals surface area (Å²) in [5.41, 5.74) is 3.52. The Morgan fingerprint density at radius 3 is 2.41 bits per heavy atom. The topological polar surface area (TPSA) is 29.5 Å². The van der Waals surface area contributed by atoms with Gasteiger partial charge in [0.15, 0.2) is 6.61 Å². The van der Waals surface area contributed by atoms with Crippen LogP contribution in [0.5, 0.6) is 5.75 Å². The Balaban J connectivity index is 1.93. The van der Waals surface area contributed by atoms with Crippen molar-refractivity contribution >= 4 is 5.91 Å². The van der Waals surface area contributed by atoms with Gasteiger partial charge in [-0.15, -0.1) is 0 Å². The molecule has 0 heterocycles. The first-order valence-corrected chi connectivity index (χ1v) is 7.62. The van der Waals surface area contributed by atoms with Gasteiger partial charge in [0.05, 0.1) is 0 Å². The molecule has 2 rings (SSSR count). The summed E-state index contributed by atoms with van der Waals surface area (Å²) in [6.07, 6.45) is 0. The van der Waals surface area contributed by atoms with Crippen molar-refractivity contribution in [1.29, 1.82) is 0 Å². The Morgan fingerprint density at radius 2 is 1.77 bits per heavy atom. The number of ether oxygens (including phenoxy) is 1. The van der Waals surface area contributed by atoms with Gasteiger partial charge in [-0.3, -0.25) is 4.79 Å². The van der Waals surface area contributed by atoms with E-state index in [1.807, 2.05) is 62.4 Å². The Labute approximate surface area is 132 Å². The predicted molar refractivity (Wildman–Crippen MR) is 88.9 cm³/mol. The van der Waals surface area contributed by atoms with Crippen molar-refractivity contribution < 1.29 is 9.53 Å². The molecule has 0 saturated carbocycles. The summed E-state index contributed by atoms with van der Waals surface area (Å²) in [5, 5.41) is 0. The number of carbonyl (C=O) groups is 1. The molecule has 0 aromatic heterocycles. The van der Waals surface area contributed by atoms with Crippen LogP contribution >= 0.6 is 0 Å². The summed E-state index contributed by atoms with van der Waals surface area (Å²) < 4.78 is 5.63. The van der Waals surface area contributed by atoms with Crippen molar-refractivity contribution in [3.63, 3.8) is 0 Å². The van der Waals surface area contributed by atoms with E-state index in [9.17, 15) is 4.79 Å². The number of benzene rings is 2. The molecular weight excluding hydrogens is 274 g/mol. The average molecular weight is 297 g/mol. The second kappa shape index (κ2) is 7.64. The number of carbonyl (C=O) groups excluding carboxylic acids is 1. The van der Waals surface area contributed by atoms with Crippen molar-refractivity contribution in [1.82, 2.24) is 4.90 Å². The molecule has 0 unspecified atom stereocenters. The third-order valence-corrected chi connectivity index (χ3v) is 3.79. The van der Waals surface area contributed by atoms with Gasteiger partial charge in [0, 0.05) is 13.1 Å². The minimum absolute atomic E-state index is 0.00424. The summed E-state index contributed by atoms with van der Waals surface area (Å²) in [5.74, 6) is 0.747. The lowest BCUT2D eigenvalue weighted by atomic mass is 10.1. The van der Waals surface area contributed by atoms with Gasteiger partial charge < -0.3 is 9.64 Å². The lowest BCUT2D eigenvalue weighted by molar-refractivity contribution is -0.133. The van der Waals surface area contributed by atoms with E-state index < -0.39 is 0 Å². The van der Waals surface area contributed by atoms with E-state index in [0.29, 0.717) is 13.1 Å². The maximum absolute atomic E-state index is 12.3. The lowest BCUT2D eigenvalue weighted by Crippen LogP contribution is -2.34. The maximum atomic E-state index is 12.3. The highest BCUT2D eigenvalue weighted by atomic mass is 16.5. The van der Waals surface area contributed by atoms with Crippen molar-refractivity contribution in [2.24, 2.45) is 0 Å². The first kappa shape index (κ1) is 16.1. The zero-order valence-electron chi connectivity index (χ0n) is 13.5. The summed E-state index contributed by atoms with van der Waals surface area (Å²) in [7, 11) is 0. The van der Waals surface area contributed by atoms with Crippen molar-refractivity contribution in [3.8, 4) is 5.75 Å². The van der Waals surface area contributed by atoms with Gasteiger partial charge >= 0.3 is 0 Å². The molecule has 2 aromatic carbocycles. The quantitative estimate of drug-likeness (QED) is 0.813. The van der Waals surface area contributed by atoms with Crippen LogP contribution < -0.4 is 4.74 Å². The van der Waals surface area contributed by atoms with E-state index in [1.165, 1.54) is 11.1 Å². The molecule has 0 radical (unpaired) electrons. The van der Waals surface area contributed by atoms with Gasteiger partial charge in [0.2, 0.25) is 0 Å². The van der Waals surface area contributed by atoms with E-state index in [2.05, 4.69) is 6.92 Å². The fraction of sp³-hybridized carbons (Fsp3) is 0.316. The molecule has 0 aliphatic carbocycles. The first-order valence-electron chi connectivity index (χ1n) is 7.62. The first-order chi connectivity index (χ1) is 10.6. The number of nitrogens with zero attached hydrogens (tertiary/aromatic N) is 1. The van der Waals surface area contributed by atoms with E-state index in [0.717, 1.165) is 11.3 Å². The third kappa shape index (κ3) is 4.35. The number of hydrogen-bond donors (Lipinski definition) is 0. The second-order valence-corrected chi connectivity index (χ2v) is 5.43. The molecular formula is C19H23NO2. The van der Waals surface area contributed by atoms with E-state index in [1.54, 1.807) is 4.90 Å². The molecule has 0 saturated heterocycles. The van der Waals surface area contributed by atoms with Crippen molar-refractivity contribution in [2.45, 2.75) is 27.3 Å². The van der Waals surface area contributed by atoms with Crippen LogP contribution in [-0.4, -0.2) is 24.0 Å². The molecule has 0 aliphatic rings. The molecule has 0 atom stereocenters. The molecule has 3 heteroatoms. The Bertz CT molecular complexity index is 623. The summed E-state index contributed by atoms with van der Waals surface area (Å²) in [6.45, 7) is 7.44. The molecule has 2 aromatic rings. The highest BCUT2D eigenvalue weighted by molar-refractivity contribution is 5.77. The standard InChI is InChI=1S/C19H23NO2/c1-4-20(13-17-8-6-5-7-9-17)19(21)14-22-18-11-10-15(2)16(3)12-18/h5-12H,4,13-14H2,1-3H3. The van der Waals surface area contributed by atoms with Gasteiger partial charge in [-0.2, -0.15) is 0 Å². The molecule has 3 nitrogen and oxygen atoms in total. The van der Waals surface area contributed by atoms with Gasteiger partial charge in [-0.25, -0.2) is 0 Å². The zero-order valence-corrected chi connectivity index (χ0v) is 13.5. The number of likely N-dealkylation sites (N-methyl/N-ethyl adjacent to an activating group) is 1. The third-order valence-electron chi connectivity index (χ3n) is 3.79. The van der Waals surface area contributed by atoms with Crippen LogP contribution in [0.25, 0.3) is 0 Å². The SMILES string of the molecule is CCN(Cc1ccccc1)C(=O)COc1ccc(C)c(C)c1. The molecule has 0 N–H and O–H groups in total. The van der Waals surface area contributed by atoms with E-state index in [4.69, 9.17) is 4.74 Å². The van der Waals surface area contributed by atoms with Crippen LogP contribution in [-0.2, 0) is 11.3 Å². The number of hydrogen-bond acceptors (Lipinski definition) is 2. The van der Waals surface area contributed by atoms with Crippen LogP contribution in [0.15, 0.2) is 48.5 Å². The summed E-state index contributed by atoms with van der Waals surface area (Å²) in [6, 6.07) is 15.9. The Hall–Kier alpha value is -2.29. The normalized spacial score (nSPS) is 10.3. The molecule has 22 heavy (non-hydrogen) atoms. The van der Waals surface area contributed by atoms with Crippen molar-refractivity contribution in [2.75, 3.05) is 13.2 Å². The molecule has 0 aliphatic heterocycles. The monoisotopic (exact) mass is 297 g/mol. The smallest absolute Gasteiger partial charge is 0.260 e. The molecule has 1 amide bonds. The van der Waals surface area contributed by atoms with E-state index in [-0.39, 0.29) is 12.5 Å².